The predicted octanol–water partition coefficient (Wildman–Crippen LogP) is 4.64. The number of anilines is 1. The molecule has 200 valence electrons. The van der Waals surface area contributed by atoms with Gasteiger partial charge in [0.2, 0.25) is 5.91 Å². The number of rotatable bonds is 6. The number of thiophene rings is 2. The molecule has 4 N–H and O–H groups in total. The third-order valence-electron chi connectivity index (χ3n) is 5.07. The number of amides is 1. The van der Waals surface area contributed by atoms with Crippen molar-refractivity contribution in [2.24, 2.45) is 10.7 Å². The molecule has 9 nitrogen and oxygen atoms in total. The second-order valence-electron chi connectivity index (χ2n) is 7.67. The largest absolute Gasteiger partial charge is 0.490 e. The van der Waals surface area contributed by atoms with E-state index in [0.29, 0.717) is 34.1 Å². The molecule has 2 aromatic heterocycles. The van der Waals surface area contributed by atoms with E-state index in [9.17, 15) is 26.4 Å². The number of alkyl halides is 3. The van der Waals surface area contributed by atoms with E-state index >= 15 is 0 Å². The monoisotopic (exact) mass is 596 g/mol. The lowest BCUT2D eigenvalue weighted by Gasteiger charge is -2.13. The molecule has 0 aliphatic carbocycles. The summed E-state index contributed by atoms with van der Waals surface area (Å²) in [6, 6.07) is 6.97. The van der Waals surface area contributed by atoms with Crippen molar-refractivity contribution in [2.45, 2.75) is 30.2 Å². The van der Waals surface area contributed by atoms with Crippen molar-refractivity contribution < 1.29 is 36.3 Å². The SMILES string of the molecule is Cc1c(S(=O)(=O)Nc2ccsc2C(N)=NCN2CCCC2=O)sc2ccc(Cl)cc12.O=C(O)C(F)(F)F. The van der Waals surface area contributed by atoms with Crippen LogP contribution < -0.4 is 10.5 Å². The van der Waals surface area contributed by atoms with Crippen LogP contribution in [0.2, 0.25) is 5.02 Å². The molecule has 1 amide bonds. The van der Waals surface area contributed by atoms with Gasteiger partial charge in [0.05, 0.1) is 10.6 Å². The first-order chi connectivity index (χ1) is 17.2. The molecule has 37 heavy (non-hydrogen) atoms. The van der Waals surface area contributed by atoms with Crippen LogP contribution >= 0.6 is 34.3 Å². The molecule has 1 aliphatic heterocycles. The Morgan fingerprint density at radius 3 is 2.59 bits per heavy atom. The summed E-state index contributed by atoms with van der Waals surface area (Å²) in [5.74, 6) is -2.51. The Labute approximate surface area is 222 Å². The van der Waals surface area contributed by atoms with Crippen LogP contribution in [0.25, 0.3) is 10.1 Å². The number of hydrogen-bond acceptors (Lipinski definition) is 7. The summed E-state index contributed by atoms with van der Waals surface area (Å²) in [7, 11) is -3.83. The molecule has 1 aliphatic rings. The first-order valence-electron chi connectivity index (χ1n) is 10.4. The van der Waals surface area contributed by atoms with Crippen LogP contribution in [0.5, 0.6) is 0 Å². The first kappa shape index (κ1) is 28.7. The highest BCUT2D eigenvalue weighted by Gasteiger charge is 2.38. The number of carboxylic acids is 1. The summed E-state index contributed by atoms with van der Waals surface area (Å²) in [6.07, 6.45) is -3.74. The average Bonchev–Trinajstić information content (AvgIpc) is 3.51. The van der Waals surface area contributed by atoms with Crippen LogP contribution in [-0.2, 0) is 19.6 Å². The van der Waals surface area contributed by atoms with E-state index in [1.54, 1.807) is 35.4 Å². The van der Waals surface area contributed by atoms with E-state index in [4.69, 9.17) is 27.2 Å². The van der Waals surface area contributed by atoms with Gasteiger partial charge >= 0.3 is 12.1 Å². The van der Waals surface area contributed by atoms with Crippen LogP contribution in [-0.4, -0.2) is 55.5 Å². The van der Waals surface area contributed by atoms with Gasteiger partial charge in [0, 0.05) is 22.7 Å². The molecule has 0 radical (unpaired) electrons. The van der Waals surface area contributed by atoms with Gasteiger partial charge in [-0.2, -0.15) is 13.2 Å². The average molecular weight is 597 g/mol. The Morgan fingerprint density at radius 1 is 1.32 bits per heavy atom. The van der Waals surface area contributed by atoms with E-state index < -0.39 is 22.2 Å². The van der Waals surface area contributed by atoms with Crippen LogP contribution in [0.15, 0.2) is 38.8 Å². The maximum atomic E-state index is 13.1. The molecule has 0 saturated carbocycles. The minimum Gasteiger partial charge on any atom is -0.475 e. The standard InChI is InChI=1S/C19H19ClN4O3S3.C2HF3O2/c1-11-13-9-12(20)4-5-15(13)29-19(11)30(26,27)23-14-6-8-28-17(14)18(21)22-10-24-7-2-3-16(24)25;3-2(4,5)1(6)7/h4-6,8-9,23H,2-3,7,10H2,1H3,(H2,21,22);(H,6,7). The van der Waals surface area contributed by atoms with E-state index in [2.05, 4.69) is 9.71 Å². The molecule has 0 bridgehead atoms. The maximum Gasteiger partial charge on any atom is 0.490 e. The van der Waals surface area contributed by atoms with Gasteiger partial charge in [-0.05, 0) is 53.9 Å². The molecule has 1 aromatic carbocycles. The Morgan fingerprint density at radius 2 is 2.00 bits per heavy atom. The summed E-state index contributed by atoms with van der Waals surface area (Å²) < 4.78 is 61.6. The summed E-state index contributed by atoms with van der Waals surface area (Å²) in [4.78, 5) is 27.1. The second kappa shape index (κ2) is 11.2. The summed E-state index contributed by atoms with van der Waals surface area (Å²) in [5, 5.41) is 10.2. The Hall–Kier alpha value is -2.88. The van der Waals surface area contributed by atoms with Crippen molar-refractivity contribution in [3.63, 3.8) is 0 Å². The number of halogens is 4. The molecule has 3 aromatic rings. The minimum atomic E-state index is -5.08. The zero-order valence-corrected chi connectivity index (χ0v) is 22.2. The molecular formula is C21H20ClF3N4O5S3. The smallest absolute Gasteiger partial charge is 0.475 e. The van der Waals surface area contributed by atoms with E-state index in [1.165, 1.54) is 22.7 Å². The second-order valence-corrected chi connectivity index (χ2v) is 12.0. The predicted molar refractivity (Wildman–Crippen MR) is 137 cm³/mol. The van der Waals surface area contributed by atoms with Gasteiger partial charge in [0.25, 0.3) is 10.0 Å². The lowest BCUT2D eigenvalue weighted by Crippen LogP contribution is -2.27. The van der Waals surface area contributed by atoms with E-state index in [1.807, 2.05) is 6.07 Å². The van der Waals surface area contributed by atoms with E-state index in [-0.39, 0.29) is 22.6 Å². The van der Waals surface area contributed by atoms with Gasteiger partial charge in [-0.25, -0.2) is 18.2 Å². The quantitative estimate of drug-likeness (QED) is 0.279. The molecule has 4 rings (SSSR count). The van der Waals surface area contributed by atoms with Gasteiger partial charge in [0.15, 0.2) is 0 Å². The topological polar surface area (TPSA) is 142 Å². The van der Waals surface area contributed by atoms with Crippen molar-refractivity contribution >= 4 is 77.8 Å². The highest BCUT2D eigenvalue weighted by atomic mass is 35.5. The molecule has 1 saturated heterocycles. The number of nitrogens with zero attached hydrogens (tertiary/aromatic N) is 2. The Bertz CT molecular complexity index is 1470. The van der Waals surface area contributed by atoms with Crippen LogP contribution in [0.1, 0.15) is 23.3 Å². The zero-order chi connectivity index (χ0) is 27.5. The minimum absolute atomic E-state index is 0.0546. The fourth-order valence-electron chi connectivity index (χ4n) is 3.29. The number of sulfonamides is 1. The first-order valence-corrected chi connectivity index (χ1v) is 13.9. The summed E-state index contributed by atoms with van der Waals surface area (Å²) in [6.45, 7) is 2.60. The van der Waals surface area contributed by atoms with Crippen molar-refractivity contribution in [1.82, 2.24) is 4.90 Å². The van der Waals surface area contributed by atoms with E-state index in [0.717, 1.165) is 16.5 Å². The van der Waals surface area contributed by atoms with Gasteiger partial charge in [0.1, 0.15) is 16.7 Å². The van der Waals surface area contributed by atoms with Crippen molar-refractivity contribution in [1.29, 1.82) is 0 Å². The molecule has 16 heteroatoms. The third kappa shape index (κ3) is 6.91. The highest BCUT2D eigenvalue weighted by Crippen LogP contribution is 2.37. The number of amidine groups is 1. The number of aliphatic carboxylic acids is 1. The molecule has 3 heterocycles. The summed E-state index contributed by atoms with van der Waals surface area (Å²) >= 11 is 8.54. The highest BCUT2D eigenvalue weighted by molar-refractivity contribution is 7.95. The number of likely N-dealkylation sites (tertiary alicyclic amines) is 1. The zero-order valence-electron chi connectivity index (χ0n) is 19.0. The Balaban J connectivity index is 0.000000479. The van der Waals surface area contributed by atoms with Crippen molar-refractivity contribution in [3.8, 4) is 0 Å². The van der Waals surface area contributed by atoms with Gasteiger partial charge < -0.3 is 15.7 Å². The number of benzene rings is 1. The number of aliphatic imine (C=N–C) groups is 1. The number of carbonyl (C=O) groups is 2. The number of aryl methyl sites for hydroxylation is 1. The van der Waals surface area contributed by atoms with Gasteiger partial charge in [-0.3, -0.25) is 9.52 Å². The fraction of sp³-hybridized carbons (Fsp3) is 0.286. The lowest BCUT2D eigenvalue weighted by molar-refractivity contribution is -0.192. The van der Waals surface area contributed by atoms with Crippen LogP contribution in [0.4, 0.5) is 18.9 Å². The fourth-order valence-corrected chi connectivity index (χ4v) is 7.12. The maximum absolute atomic E-state index is 13.1. The van der Waals surface area contributed by atoms with Crippen LogP contribution in [0, 0.1) is 6.92 Å². The normalized spacial score (nSPS) is 14.6. The number of nitrogens with two attached hydrogens (primary N) is 1. The van der Waals surface area contributed by atoms with Crippen molar-refractivity contribution in [2.75, 3.05) is 17.9 Å². The number of fused-ring (bicyclic) bond motifs is 1. The summed E-state index contributed by atoms with van der Waals surface area (Å²) in [5.41, 5.74) is 7.12. The molecular weight excluding hydrogens is 577 g/mol. The lowest BCUT2D eigenvalue weighted by atomic mass is 10.2. The third-order valence-corrected chi connectivity index (χ3v) is 9.50. The van der Waals surface area contributed by atoms with Gasteiger partial charge in [-0.1, -0.05) is 11.6 Å². The number of nitrogens with one attached hydrogen (secondary N) is 1. The van der Waals surface area contributed by atoms with Gasteiger partial charge in [-0.15, -0.1) is 22.7 Å². The van der Waals surface area contributed by atoms with Crippen molar-refractivity contribution in [3.05, 3.63) is 45.1 Å². The Kier molecular flexibility index (Phi) is 8.72. The molecule has 0 unspecified atom stereocenters. The molecule has 1 fully saturated rings. The van der Waals surface area contributed by atoms with Crippen LogP contribution in [0.3, 0.4) is 0 Å². The number of hydrogen-bond donors (Lipinski definition) is 3. The number of carbonyl (C=O) groups excluding carboxylic acids is 1. The molecule has 0 spiro atoms. The number of carboxylic acid groups (broad SMARTS) is 1. The molecule has 0 atom stereocenters.